The Kier molecular flexibility index (Phi) is 3.51. The predicted octanol–water partition coefficient (Wildman–Crippen LogP) is 3.22. The summed E-state index contributed by atoms with van der Waals surface area (Å²) in [5.41, 5.74) is 2.02. The second kappa shape index (κ2) is 5.07. The van der Waals surface area contributed by atoms with Gasteiger partial charge >= 0.3 is 0 Å². The number of benzene rings is 1. The van der Waals surface area contributed by atoms with Crippen molar-refractivity contribution in [2.24, 2.45) is 0 Å². The zero-order valence-corrected chi connectivity index (χ0v) is 9.67. The summed E-state index contributed by atoms with van der Waals surface area (Å²) in [7, 11) is 0. The number of aryl methyl sites for hydroxylation is 1. The van der Waals surface area contributed by atoms with Crippen LogP contribution >= 0.6 is 11.8 Å². The Labute approximate surface area is 97.9 Å². The molecule has 0 aliphatic heterocycles. The van der Waals surface area contributed by atoms with Gasteiger partial charge in [0.15, 0.2) is 5.16 Å². The van der Waals surface area contributed by atoms with E-state index in [0.29, 0.717) is 0 Å². The van der Waals surface area contributed by atoms with Crippen molar-refractivity contribution < 1.29 is 4.39 Å². The van der Waals surface area contributed by atoms with Crippen LogP contribution in [0, 0.1) is 12.7 Å². The quantitative estimate of drug-likeness (QED) is 0.602. The van der Waals surface area contributed by atoms with Crippen molar-refractivity contribution >= 4 is 11.8 Å². The van der Waals surface area contributed by atoms with Crippen LogP contribution in [0.5, 0.6) is 0 Å². The second-order valence-electron chi connectivity index (χ2n) is 3.40. The Bertz CT molecular complexity index is 471. The molecule has 1 heterocycles. The van der Waals surface area contributed by atoms with Gasteiger partial charge in [0.1, 0.15) is 5.82 Å². The van der Waals surface area contributed by atoms with Crippen molar-refractivity contribution in [3.8, 4) is 0 Å². The van der Waals surface area contributed by atoms with Gasteiger partial charge in [0, 0.05) is 17.6 Å². The van der Waals surface area contributed by atoms with Crippen LogP contribution in [-0.2, 0) is 5.75 Å². The van der Waals surface area contributed by atoms with Crippen molar-refractivity contribution in [1.29, 1.82) is 0 Å². The fraction of sp³-hybridized carbons (Fsp3) is 0.167. The number of halogens is 1. The SMILES string of the molecule is Cc1ccnc(SCc2ccc(F)cc2)n1. The van der Waals surface area contributed by atoms with Crippen LogP contribution in [0.2, 0.25) is 0 Å². The monoisotopic (exact) mass is 234 g/mol. The first-order chi connectivity index (χ1) is 7.74. The lowest BCUT2D eigenvalue weighted by Gasteiger charge is -2.01. The highest BCUT2D eigenvalue weighted by Gasteiger charge is 1.99. The molecule has 0 spiro atoms. The van der Waals surface area contributed by atoms with E-state index in [1.807, 2.05) is 13.0 Å². The molecule has 2 nitrogen and oxygen atoms in total. The van der Waals surface area contributed by atoms with Crippen LogP contribution < -0.4 is 0 Å². The third-order valence-corrected chi connectivity index (χ3v) is 2.99. The number of hydrogen-bond donors (Lipinski definition) is 0. The molecule has 82 valence electrons. The van der Waals surface area contributed by atoms with Gasteiger partial charge in [0.25, 0.3) is 0 Å². The summed E-state index contributed by atoms with van der Waals surface area (Å²) in [6, 6.07) is 8.35. The van der Waals surface area contributed by atoms with Crippen LogP contribution in [0.1, 0.15) is 11.3 Å². The number of aromatic nitrogens is 2. The summed E-state index contributed by atoms with van der Waals surface area (Å²) in [6.45, 7) is 1.93. The number of rotatable bonds is 3. The smallest absolute Gasteiger partial charge is 0.188 e. The molecule has 0 aliphatic rings. The van der Waals surface area contributed by atoms with Gasteiger partial charge in [-0.15, -0.1) is 0 Å². The first-order valence-corrected chi connectivity index (χ1v) is 5.89. The van der Waals surface area contributed by atoms with Crippen LogP contribution in [-0.4, -0.2) is 9.97 Å². The number of nitrogens with zero attached hydrogens (tertiary/aromatic N) is 2. The molecular formula is C12H11FN2S. The van der Waals surface area contributed by atoms with E-state index in [9.17, 15) is 4.39 Å². The topological polar surface area (TPSA) is 25.8 Å². The van der Waals surface area contributed by atoms with E-state index in [4.69, 9.17) is 0 Å². The van der Waals surface area contributed by atoms with E-state index in [1.54, 1.807) is 30.1 Å². The largest absolute Gasteiger partial charge is 0.231 e. The normalized spacial score (nSPS) is 10.4. The van der Waals surface area contributed by atoms with Crippen molar-refractivity contribution in [2.45, 2.75) is 17.8 Å². The fourth-order valence-corrected chi connectivity index (χ4v) is 2.06. The molecule has 0 atom stereocenters. The Morgan fingerprint density at radius 2 is 1.94 bits per heavy atom. The molecule has 0 N–H and O–H groups in total. The van der Waals surface area contributed by atoms with Gasteiger partial charge in [-0.05, 0) is 30.7 Å². The van der Waals surface area contributed by atoms with Crippen molar-refractivity contribution in [2.75, 3.05) is 0 Å². The lowest BCUT2D eigenvalue weighted by atomic mass is 10.2. The average Bonchev–Trinajstić information content (AvgIpc) is 2.28. The van der Waals surface area contributed by atoms with Gasteiger partial charge in [-0.25, -0.2) is 14.4 Å². The molecule has 0 unspecified atom stereocenters. The summed E-state index contributed by atoms with van der Waals surface area (Å²) in [5, 5.41) is 0.754. The minimum absolute atomic E-state index is 0.208. The first kappa shape index (κ1) is 11.1. The van der Waals surface area contributed by atoms with Crippen LogP contribution in [0.4, 0.5) is 4.39 Å². The fourth-order valence-electron chi connectivity index (χ4n) is 1.22. The molecule has 2 aromatic rings. The molecule has 0 saturated carbocycles. The van der Waals surface area contributed by atoms with Gasteiger partial charge in [0.2, 0.25) is 0 Å². The van der Waals surface area contributed by atoms with Gasteiger partial charge in [-0.3, -0.25) is 0 Å². The Morgan fingerprint density at radius 3 is 2.62 bits per heavy atom. The number of thioether (sulfide) groups is 1. The van der Waals surface area contributed by atoms with E-state index in [2.05, 4.69) is 9.97 Å². The molecule has 0 radical (unpaired) electrons. The molecule has 16 heavy (non-hydrogen) atoms. The van der Waals surface area contributed by atoms with E-state index in [-0.39, 0.29) is 5.82 Å². The lowest BCUT2D eigenvalue weighted by molar-refractivity contribution is 0.627. The second-order valence-corrected chi connectivity index (χ2v) is 4.34. The highest BCUT2D eigenvalue weighted by atomic mass is 32.2. The molecule has 0 saturated heterocycles. The van der Waals surface area contributed by atoms with Gasteiger partial charge in [-0.1, -0.05) is 23.9 Å². The zero-order valence-electron chi connectivity index (χ0n) is 8.85. The van der Waals surface area contributed by atoms with Crippen molar-refractivity contribution in [3.05, 3.63) is 53.6 Å². The Hall–Kier alpha value is -1.42. The standard InChI is InChI=1S/C12H11FN2S/c1-9-6-7-14-12(15-9)16-8-10-2-4-11(13)5-3-10/h2-7H,8H2,1H3. The third-order valence-electron chi connectivity index (χ3n) is 2.05. The highest BCUT2D eigenvalue weighted by molar-refractivity contribution is 7.98. The lowest BCUT2D eigenvalue weighted by Crippen LogP contribution is -1.89. The summed E-state index contributed by atoms with van der Waals surface area (Å²) < 4.78 is 12.7. The van der Waals surface area contributed by atoms with Gasteiger partial charge in [-0.2, -0.15) is 0 Å². The third kappa shape index (κ3) is 3.03. The first-order valence-electron chi connectivity index (χ1n) is 4.91. The predicted molar refractivity (Wildman–Crippen MR) is 62.7 cm³/mol. The molecular weight excluding hydrogens is 223 g/mol. The maximum atomic E-state index is 12.7. The summed E-state index contributed by atoms with van der Waals surface area (Å²) in [5.74, 6) is 0.546. The Balaban J connectivity index is 1.99. The average molecular weight is 234 g/mol. The molecule has 4 heteroatoms. The molecule has 1 aromatic carbocycles. The Morgan fingerprint density at radius 1 is 1.19 bits per heavy atom. The van der Waals surface area contributed by atoms with Crippen LogP contribution in [0.25, 0.3) is 0 Å². The zero-order chi connectivity index (χ0) is 11.4. The molecule has 0 fully saturated rings. The maximum Gasteiger partial charge on any atom is 0.188 e. The molecule has 0 amide bonds. The molecule has 0 bridgehead atoms. The molecule has 0 aliphatic carbocycles. The van der Waals surface area contributed by atoms with Crippen molar-refractivity contribution in [1.82, 2.24) is 9.97 Å². The van der Waals surface area contributed by atoms with Crippen LogP contribution in [0.3, 0.4) is 0 Å². The summed E-state index contributed by atoms with van der Waals surface area (Å²) in [6.07, 6.45) is 1.75. The maximum absolute atomic E-state index is 12.7. The van der Waals surface area contributed by atoms with Gasteiger partial charge in [0.05, 0.1) is 0 Å². The van der Waals surface area contributed by atoms with E-state index < -0.39 is 0 Å². The van der Waals surface area contributed by atoms with Crippen molar-refractivity contribution in [3.63, 3.8) is 0 Å². The minimum Gasteiger partial charge on any atom is -0.231 e. The summed E-state index contributed by atoms with van der Waals surface area (Å²) in [4.78, 5) is 8.43. The summed E-state index contributed by atoms with van der Waals surface area (Å²) >= 11 is 1.55. The molecule has 1 aromatic heterocycles. The van der Waals surface area contributed by atoms with E-state index in [1.165, 1.54) is 12.1 Å². The van der Waals surface area contributed by atoms with E-state index >= 15 is 0 Å². The minimum atomic E-state index is -0.208. The molecule has 2 rings (SSSR count). The highest BCUT2D eigenvalue weighted by Crippen LogP contribution is 2.18. The van der Waals surface area contributed by atoms with Gasteiger partial charge < -0.3 is 0 Å². The van der Waals surface area contributed by atoms with Crippen LogP contribution in [0.15, 0.2) is 41.7 Å². The van der Waals surface area contributed by atoms with E-state index in [0.717, 1.165) is 22.2 Å². The number of hydrogen-bond acceptors (Lipinski definition) is 3.